The molecule has 0 spiro atoms. The number of ether oxygens (including phenoxy) is 1. The molecule has 0 saturated heterocycles. The summed E-state index contributed by atoms with van der Waals surface area (Å²) in [6, 6.07) is 8.31. The summed E-state index contributed by atoms with van der Waals surface area (Å²) in [5, 5.41) is 6.32. The number of hydrogen-bond donors (Lipinski definition) is 1. The van der Waals surface area contributed by atoms with Crippen LogP contribution >= 0.6 is 11.3 Å². The third kappa shape index (κ3) is 5.46. The van der Waals surface area contributed by atoms with Crippen LogP contribution < -0.4 is 10.1 Å². The van der Waals surface area contributed by atoms with Crippen LogP contribution in [0, 0.1) is 6.92 Å². The third-order valence-corrected chi connectivity index (χ3v) is 3.92. The van der Waals surface area contributed by atoms with E-state index in [0.29, 0.717) is 6.61 Å². The zero-order valence-corrected chi connectivity index (χ0v) is 13.7. The first-order chi connectivity index (χ1) is 10.2. The largest absolute Gasteiger partial charge is 0.492 e. The van der Waals surface area contributed by atoms with Crippen molar-refractivity contribution in [2.75, 3.05) is 27.2 Å². The second-order valence-electron chi connectivity index (χ2n) is 5.13. The molecule has 0 unspecified atom stereocenters. The van der Waals surface area contributed by atoms with Gasteiger partial charge in [-0.15, -0.1) is 11.3 Å². The molecule has 114 valence electrons. The molecule has 0 saturated carbocycles. The summed E-state index contributed by atoms with van der Waals surface area (Å²) >= 11 is 1.70. The van der Waals surface area contributed by atoms with Crippen LogP contribution in [-0.2, 0) is 13.1 Å². The molecular formula is C16H23N3OS. The van der Waals surface area contributed by atoms with Gasteiger partial charge < -0.3 is 10.1 Å². The van der Waals surface area contributed by atoms with Gasteiger partial charge in [-0.1, -0.05) is 12.1 Å². The van der Waals surface area contributed by atoms with E-state index >= 15 is 0 Å². The minimum atomic E-state index is 0.693. The lowest BCUT2D eigenvalue weighted by molar-refractivity contribution is 0.312. The van der Waals surface area contributed by atoms with Crippen LogP contribution in [0.5, 0.6) is 5.75 Å². The standard InChI is InChI=1S/C16H23N3OS/c1-13-18-15(12-21-13)11-19(3)10-14-4-6-16(7-5-14)20-9-8-17-2/h4-7,12,17H,8-11H2,1-3H3. The quantitative estimate of drug-likeness (QED) is 0.761. The zero-order valence-electron chi connectivity index (χ0n) is 12.9. The molecule has 0 bridgehead atoms. The maximum atomic E-state index is 5.62. The topological polar surface area (TPSA) is 37.4 Å². The van der Waals surface area contributed by atoms with Gasteiger partial charge in [-0.25, -0.2) is 4.98 Å². The number of likely N-dealkylation sites (N-methyl/N-ethyl adjacent to an activating group) is 1. The second kappa shape index (κ2) is 8.12. The molecule has 1 aromatic carbocycles. The normalized spacial score (nSPS) is 11.0. The van der Waals surface area contributed by atoms with E-state index in [1.165, 1.54) is 5.56 Å². The summed E-state index contributed by atoms with van der Waals surface area (Å²) in [4.78, 5) is 6.77. The van der Waals surface area contributed by atoms with Crippen LogP contribution in [0.25, 0.3) is 0 Å². The van der Waals surface area contributed by atoms with Gasteiger partial charge in [-0.3, -0.25) is 4.90 Å². The van der Waals surface area contributed by atoms with Crippen LogP contribution in [0.2, 0.25) is 0 Å². The number of aryl methyl sites for hydroxylation is 1. The Labute approximate surface area is 130 Å². The van der Waals surface area contributed by atoms with Gasteiger partial charge in [0.15, 0.2) is 0 Å². The van der Waals surface area contributed by atoms with E-state index in [-0.39, 0.29) is 0 Å². The maximum absolute atomic E-state index is 5.62. The Morgan fingerprint density at radius 1 is 1.24 bits per heavy atom. The van der Waals surface area contributed by atoms with Gasteiger partial charge in [0.25, 0.3) is 0 Å². The lowest BCUT2D eigenvalue weighted by Crippen LogP contribution is -2.17. The van der Waals surface area contributed by atoms with Crippen molar-refractivity contribution in [1.82, 2.24) is 15.2 Å². The Hall–Kier alpha value is -1.43. The molecule has 1 aromatic heterocycles. The van der Waals surface area contributed by atoms with E-state index in [1.54, 1.807) is 11.3 Å². The number of aromatic nitrogens is 1. The van der Waals surface area contributed by atoms with Gasteiger partial charge >= 0.3 is 0 Å². The smallest absolute Gasteiger partial charge is 0.119 e. The van der Waals surface area contributed by atoms with Crippen LogP contribution in [-0.4, -0.2) is 37.1 Å². The first kappa shape index (κ1) is 15.9. The molecular weight excluding hydrogens is 282 g/mol. The van der Waals surface area contributed by atoms with Crippen molar-refractivity contribution >= 4 is 11.3 Å². The van der Waals surface area contributed by atoms with Crippen molar-refractivity contribution in [3.05, 3.63) is 45.9 Å². The first-order valence-corrected chi connectivity index (χ1v) is 8.01. The molecule has 0 aliphatic rings. The fourth-order valence-electron chi connectivity index (χ4n) is 2.09. The lowest BCUT2D eigenvalue weighted by Gasteiger charge is -2.15. The lowest BCUT2D eigenvalue weighted by atomic mass is 10.2. The molecule has 0 aliphatic heterocycles. The Morgan fingerprint density at radius 2 is 2.00 bits per heavy atom. The highest BCUT2D eigenvalue weighted by atomic mass is 32.1. The zero-order chi connectivity index (χ0) is 15.1. The highest BCUT2D eigenvalue weighted by molar-refractivity contribution is 7.09. The molecule has 1 heterocycles. The molecule has 0 amide bonds. The number of benzene rings is 1. The number of rotatable bonds is 8. The Bertz CT molecular complexity index is 539. The molecule has 0 atom stereocenters. The fraction of sp³-hybridized carbons (Fsp3) is 0.438. The van der Waals surface area contributed by atoms with Gasteiger partial charge in [0.05, 0.1) is 10.7 Å². The summed E-state index contributed by atoms with van der Waals surface area (Å²) in [5.41, 5.74) is 2.43. The predicted octanol–water partition coefficient (Wildman–Crippen LogP) is 2.68. The Balaban J connectivity index is 1.82. The van der Waals surface area contributed by atoms with E-state index in [9.17, 15) is 0 Å². The molecule has 0 radical (unpaired) electrons. The summed E-state index contributed by atoms with van der Waals surface area (Å²) < 4.78 is 5.62. The molecule has 2 rings (SSSR count). The summed E-state index contributed by atoms with van der Waals surface area (Å²) in [5.74, 6) is 0.923. The Kier molecular flexibility index (Phi) is 6.17. The van der Waals surface area contributed by atoms with E-state index < -0.39 is 0 Å². The van der Waals surface area contributed by atoms with Crippen LogP contribution in [0.1, 0.15) is 16.3 Å². The van der Waals surface area contributed by atoms with Gasteiger partial charge in [0, 0.05) is 25.0 Å². The number of nitrogens with zero attached hydrogens (tertiary/aromatic N) is 2. The van der Waals surface area contributed by atoms with Crippen molar-refractivity contribution < 1.29 is 4.74 Å². The highest BCUT2D eigenvalue weighted by Crippen LogP contribution is 2.15. The van der Waals surface area contributed by atoms with Crippen LogP contribution in [0.4, 0.5) is 0 Å². The van der Waals surface area contributed by atoms with Crippen molar-refractivity contribution in [2.24, 2.45) is 0 Å². The number of thiazole rings is 1. The summed E-state index contributed by atoms with van der Waals surface area (Å²) in [7, 11) is 4.04. The van der Waals surface area contributed by atoms with Crippen molar-refractivity contribution in [3.63, 3.8) is 0 Å². The molecule has 2 aromatic rings. The molecule has 1 N–H and O–H groups in total. The van der Waals surface area contributed by atoms with E-state index in [1.807, 2.05) is 26.1 Å². The van der Waals surface area contributed by atoms with Gasteiger partial charge in [0.2, 0.25) is 0 Å². The molecule has 21 heavy (non-hydrogen) atoms. The van der Waals surface area contributed by atoms with Crippen LogP contribution in [0.3, 0.4) is 0 Å². The molecule has 4 nitrogen and oxygen atoms in total. The minimum absolute atomic E-state index is 0.693. The van der Waals surface area contributed by atoms with Crippen molar-refractivity contribution in [1.29, 1.82) is 0 Å². The maximum Gasteiger partial charge on any atom is 0.119 e. The van der Waals surface area contributed by atoms with Gasteiger partial charge in [-0.2, -0.15) is 0 Å². The summed E-state index contributed by atoms with van der Waals surface area (Å²) in [6.45, 7) is 5.38. The highest BCUT2D eigenvalue weighted by Gasteiger charge is 2.05. The van der Waals surface area contributed by atoms with Gasteiger partial charge in [-0.05, 0) is 38.7 Å². The monoisotopic (exact) mass is 305 g/mol. The second-order valence-corrected chi connectivity index (χ2v) is 6.19. The van der Waals surface area contributed by atoms with E-state index in [4.69, 9.17) is 4.74 Å². The van der Waals surface area contributed by atoms with Crippen LogP contribution in [0.15, 0.2) is 29.6 Å². The van der Waals surface area contributed by atoms with Crippen molar-refractivity contribution in [2.45, 2.75) is 20.0 Å². The van der Waals surface area contributed by atoms with Gasteiger partial charge in [0.1, 0.15) is 12.4 Å². The number of hydrogen-bond acceptors (Lipinski definition) is 5. The van der Waals surface area contributed by atoms with E-state index in [2.05, 4.69) is 39.8 Å². The average molecular weight is 305 g/mol. The molecule has 0 aliphatic carbocycles. The SMILES string of the molecule is CNCCOc1ccc(CN(C)Cc2csc(C)n2)cc1. The predicted molar refractivity (Wildman–Crippen MR) is 87.9 cm³/mol. The summed E-state index contributed by atoms with van der Waals surface area (Å²) in [6.07, 6.45) is 0. The average Bonchev–Trinajstić information content (AvgIpc) is 2.86. The first-order valence-electron chi connectivity index (χ1n) is 7.13. The Morgan fingerprint density at radius 3 is 2.62 bits per heavy atom. The minimum Gasteiger partial charge on any atom is -0.492 e. The fourth-order valence-corrected chi connectivity index (χ4v) is 2.69. The van der Waals surface area contributed by atoms with Crippen molar-refractivity contribution in [3.8, 4) is 5.75 Å². The molecule has 5 heteroatoms. The third-order valence-electron chi connectivity index (χ3n) is 3.10. The number of nitrogens with one attached hydrogen (secondary N) is 1. The molecule has 0 fully saturated rings. The van der Waals surface area contributed by atoms with E-state index in [0.717, 1.165) is 36.1 Å².